The van der Waals surface area contributed by atoms with E-state index < -0.39 is 5.60 Å². The zero-order valence-electron chi connectivity index (χ0n) is 19.9. The Morgan fingerprint density at radius 3 is 2.65 bits per heavy atom. The largest absolute Gasteiger partial charge is 0.443 e. The summed E-state index contributed by atoms with van der Waals surface area (Å²) in [5, 5.41) is 12.1. The zero-order chi connectivity index (χ0) is 22.8. The second-order valence-corrected chi connectivity index (χ2v) is 10.3. The Kier molecular flexibility index (Phi) is 7.10. The number of carbonyl (C=O) groups is 1. The molecule has 31 heavy (non-hydrogen) atoms. The van der Waals surface area contributed by atoms with Gasteiger partial charge in [-0.2, -0.15) is 0 Å². The first-order valence-corrected chi connectivity index (χ1v) is 11.4. The summed E-state index contributed by atoms with van der Waals surface area (Å²) in [7, 11) is 2.17. The minimum absolute atomic E-state index is 0.328. The number of piperidine rings is 1. The second-order valence-electron chi connectivity index (χ2n) is 10.3. The first-order valence-electron chi connectivity index (χ1n) is 11.4. The van der Waals surface area contributed by atoms with Crippen molar-refractivity contribution in [2.75, 3.05) is 26.7 Å². The summed E-state index contributed by atoms with van der Waals surface area (Å²) in [6.45, 7) is 12.9. The Hall–Kier alpha value is -2.34. The van der Waals surface area contributed by atoms with Gasteiger partial charge in [-0.25, -0.2) is 4.79 Å². The van der Waals surface area contributed by atoms with Gasteiger partial charge in [-0.05, 0) is 65.1 Å². The van der Waals surface area contributed by atoms with Crippen molar-refractivity contribution in [2.45, 2.75) is 59.1 Å². The maximum absolute atomic E-state index is 12.8. The van der Waals surface area contributed by atoms with E-state index in [9.17, 15) is 4.79 Å². The second kappa shape index (κ2) is 9.43. The molecular formula is C25H38N4O2. The summed E-state index contributed by atoms with van der Waals surface area (Å²) < 4.78 is 5.63. The highest BCUT2D eigenvalue weighted by Crippen LogP contribution is 2.30. The molecule has 2 N–H and O–H groups in total. The average Bonchev–Trinajstić information content (AvgIpc) is 2.67. The molecule has 170 valence electrons. The molecule has 0 bridgehead atoms. The van der Waals surface area contributed by atoms with E-state index in [1.165, 1.54) is 0 Å². The van der Waals surface area contributed by atoms with Crippen LogP contribution in [0.5, 0.6) is 0 Å². The number of likely N-dealkylation sites (tertiary alicyclic amines) is 1. The van der Waals surface area contributed by atoms with Crippen LogP contribution in [0.2, 0.25) is 0 Å². The van der Waals surface area contributed by atoms with Crippen LogP contribution in [0.4, 0.5) is 4.79 Å². The van der Waals surface area contributed by atoms with Crippen LogP contribution in [0.1, 0.15) is 47.5 Å². The molecule has 3 atom stereocenters. The maximum atomic E-state index is 12.8. The lowest BCUT2D eigenvalue weighted by Crippen LogP contribution is -2.45. The van der Waals surface area contributed by atoms with E-state index in [0.29, 0.717) is 30.1 Å². The van der Waals surface area contributed by atoms with Crippen LogP contribution >= 0.6 is 0 Å². The molecule has 1 aliphatic carbocycles. The minimum Gasteiger partial charge on any atom is -0.443 e. The van der Waals surface area contributed by atoms with Crippen molar-refractivity contribution in [2.24, 2.45) is 11.8 Å². The smallest absolute Gasteiger partial charge is 0.414 e. The fourth-order valence-corrected chi connectivity index (χ4v) is 4.31. The van der Waals surface area contributed by atoms with Gasteiger partial charge in [0.15, 0.2) is 0 Å². The van der Waals surface area contributed by atoms with Gasteiger partial charge >= 0.3 is 6.09 Å². The van der Waals surface area contributed by atoms with Gasteiger partial charge in [-0.1, -0.05) is 32.1 Å². The van der Waals surface area contributed by atoms with E-state index in [1.54, 1.807) is 4.90 Å². The number of allylic oxidation sites excluding steroid dienone is 5. The lowest BCUT2D eigenvalue weighted by molar-refractivity contribution is 0.0286. The van der Waals surface area contributed by atoms with E-state index in [1.807, 2.05) is 45.2 Å². The topological polar surface area (TPSA) is 68.7 Å². The van der Waals surface area contributed by atoms with Crippen molar-refractivity contribution in [3.8, 4) is 0 Å². The molecule has 1 unspecified atom stereocenters. The number of hydrogen-bond donors (Lipinski definition) is 2. The molecule has 1 saturated heterocycles. The highest BCUT2D eigenvalue weighted by molar-refractivity contribution is 6.10. The van der Waals surface area contributed by atoms with Crippen molar-refractivity contribution >= 4 is 11.8 Å². The first kappa shape index (κ1) is 23.3. The van der Waals surface area contributed by atoms with Crippen molar-refractivity contribution in [1.82, 2.24) is 15.1 Å². The predicted molar refractivity (Wildman–Crippen MR) is 126 cm³/mol. The number of nitrogens with one attached hydrogen (secondary N) is 2. The SMILES string of the molecule is C[C@H]1CC=C(C2=CC(=N)/C(=C\NC3CCN(C)C[C@@H]3C)C=C2)N(C(=O)OC(C)(C)C)C1. The van der Waals surface area contributed by atoms with Crippen molar-refractivity contribution in [3.63, 3.8) is 0 Å². The fraction of sp³-hybridized carbons (Fsp3) is 0.600. The van der Waals surface area contributed by atoms with Gasteiger partial charge in [-0.3, -0.25) is 4.90 Å². The molecule has 2 heterocycles. The van der Waals surface area contributed by atoms with E-state index >= 15 is 0 Å². The fourth-order valence-electron chi connectivity index (χ4n) is 4.31. The van der Waals surface area contributed by atoms with Crippen LogP contribution in [0.15, 0.2) is 47.3 Å². The van der Waals surface area contributed by atoms with Gasteiger partial charge in [0, 0.05) is 36.5 Å². The van der Waals surface area contributed by atoms with Crippen LogP contribution in [-0.4, -0.2) is 59.9 Å². The van der Waals surface area contributed by atoms with E-state index in [-0.39, 0.29) is 6.09 Å². The highest BCUT2D eigenvalue weighted by atomic mass is 16.6. The number of ether oxygens (including phenoxy) is 1. The summed E-state index contributed by atoms with van der Waals surface area (Å²) in [6.07, 6.45) is 11.6. The highest BCUT2D eigenvalue weighted by Gasteiger charge is 2.30. The van der Waals surface area contributed by atoms with Crippen LogP contribution in [0.3, 0.4) is 0 Å². The maximum Gasteiger partial charge on any atom is 0.414 e. The summed E-state index contributed by atoms with van der Waals surface area (Å²) in [4.78, 5) is 16.9. The van der Waals surface area contributed by atoms with E-state index in [4.69, 9.17) is 10.1 Å². The van der Waals surface area contributed by atoms with Crippen LogP contribution in [-0.2, 0) is 4.74 Å². The summed E-state index contributed by atoms with van der Waals surface area (Å²) in [6, 6.07) is 0.431. The molecule has 3 aliphatic rings. The average molecular weight is 427 g/mol. The molecule has 1 fully saturated rings. The standard InChI is InChI=1S/C25H38N4O2/c1-17-7-10-23(29(15-17)24(30)31-25(3,4)5)19-8-9-20(21(26)13-19)14-27-22-11-12-28(6)16-18(22)2/h8-10,13-14,17-18,22,26-27H,7,11-12,15-16H2,1-6H3/b20-14-,26-21?/t17-,18-,22?/m0/s1. The van der Waals surface area contributed by atoms with Crippen molar-refractivity contribution < 1.29 is 9.53 Å². The number of amides is 1. The molecule has 0 aromatic rings. The molecule has 0 saturated carbocycles. The number of nitrogens with zero attached hydrogens (tertiary/aromatic N) is 2. The van der Waals surface area contributed by atoms with Crippen molar-refractivity contribution in [1.29, 1.82) is 5.41 Å². The molecule has 6 heteroatoms. The van der Waals surface area contributed by atoms with Gasteiger partial charge in [-0.15, -0.1) is 0 Å². The van der Waals surface area contributed by atoms with Gasteiger partial charge < -0.3 is 20.4 Å². The molecule has 0 aromatic carbocycles. The summed E-state index contributed by atoms with van der Waals surface area (Å²) >= 11 is 0. The summed E-state index contributed by atoms with van der Waals surface area (Å²) in [5.74, 6) is 0.945. The molecule has 2 aliphatic heterocycles. The number of carbonyl (C=O) groups excluding carboxylic acids is 1. The van der Waals surface area contributed by atoms with Gasteiger partial charge in [0.1, 0.15) is 5.60 Å². The van der Waals surface area contributed by atoms with Gasteiger partial charge in [0.25, 0.3) is 0 Å². The van der Waals surface area contributed by atoms with Gasteiger partial charge in [0.05, 0.1) is 11.4 Å². The molecule has 6 nitrogen and oxygen atoms in total. The third kappa shape index (κ3) is 6.10. The monoisotopic (exact) mass is 426 g/mol. The Balaban J connectivity index is 1.71. The predicted octanol–water partition coefficient (Wildman–Crippen LogP) is 4.48. The summed E-state index contributed by atoms with van der Waals surface area (Å²) in [5.41, 5.74) is 2.49. The van der Waals surface area contributed by atoms with Crippen LogP contribution < -0.4 is 5.32 Å². The van der Waals surface area contributed by atoms with E-state index in [0.717, 1.165) is 42.8 Å². The third-order valence-electron chi connectivity index (χ3n) is 6.02. The lowest BCUT2D eigenvalue weighted by Gasteiger charge is -2.35. The molecule has 3 rings (SSSR count). The Bertz CT molecular complexity index is 831. The van der Waals surface area contributed by atoms with Crippen molar-refractivity contribution in [3.05, 3.63) is 47.3 Å². The van der Waals surface area contributed by atoms with Gasteiger partial charge in [0.2, 0.25) is 0 Å². The third-order valence-corrected chi connectivity index (χ3v) is 6.02. The molecule has 0 aromatic heterocycles. The lowest BCUT2D eigenvalue weighted by atomic mass is 9.92. The molecule has 0 spiro atoms. The molecule has 0 radical (unpaired) electrons. The van der Waals surface area contributed by atoms with Crippen LogP contribution in [0, 0.1) is 17.2 Å². The molecule has 1 amide bonds. The molecular weight excluding hydrogens is 388 g/mol. The number of hydrogen-bond acceptors (Lipinski definition) is 5. The zero-order valence-corrected chi connectivity index (χ0v) is 19.9. The quantitative estimate of drug-likeness (QED) is 0.698. The normalized spacial score (nSPS) is 29.0. The Labute approximate surface area is 187 Å². The number of rotatable bonds is 3. The van der Waals surface area contributed by atoms with E-state index in [2.05, 4.69) is 37.2 Å². The Morgan fingerprint density at radius 2 is 2.00 bits per heavy atom. The minimum atomic E-state index is -0.543. The van der Waals surface area contributed by atoms with Crippen LogP contribution in [0.25, 0.3) is 0 Å². The first-order chi connectivity index (χ1) is 14.5. The Morgan fingerprint density at radius 1 is 1.26 bits per heavy atom.